The summed E-state index contributed by atoms with van der Waals surface area (Å²) in [5.74, 6) is -0.185. The number of rotatable bonds is 2. The number of nitro benzene ring substituents is 1. The number of hydrogen-bond donors (Lipinski definition) is 0. The average Bonchev–Trinajstić information content (AvgIpc) is 2.14. The smallest absolute Gasteiger partial charge is 0.416 e. The van der Waals surface area contributed by atoms with Crippen LogP contribution in [0.4, 0.5) is 18.9 Å². The molecule has 0 amide bonds. The van der Waals surface area contributed by atoms with Crippen molar-refractivity contribution in [1.29, 1.82) is 0 Å². The molecule has 0 aliphatic heterocycles. The number of nitrogens with zero attached hydrogens (tertiary/aromatic N) is 1. The molecular formula is C9H8F3NO3. The highest BCUT2D eigenvalue weighted by Crippen LogP contribution is 2.38. The fraction of sp³-hybridized carbons (Fsp3) is 0.333. The Morgan fingerprint density at radius 2 is 1.94 bits per heavy atom. The lowest BCUT2D eigenvalue weighted by Gasteiger charge is -2.11. The maximum Gasteiger partial charge on any atom is 0.416 e. The molecule has 88 valence electrons. The Morgan fingerprint density at radius 1 is 1.38 bits per heavy atom. The van der Waals surface area contributed by atoms with E-state index in [2.05, 4.69) is 4.74 Å². The fourth-order valence-corrected chi connectivity index (χ4v) is 1.28. The van der Waals surface area contributed by atoms with Crippen molar-refractivity contribution < 1.29 is 22.8 Å². The highest BCUT2D eigenvalue weighted by Gasteiger charge is 2.35. The Balaban J connectivity index is 3.45. The van der Waals surface area contributed by atoms with Crippen molar-refractivity contribution in [2.75, 3.05) is 7.11 Å². The largest absolute Gasteiger partial charge is 0.490 e. The summed E-state index contributed by atoms with van der Waals surface area (Å²) >= 11 is 0. The number of benzene rings is 1. The molecule has 0 aliphatic carbocycles. The van der Waals surface area contributed by atoms with E-state index in [9.17, 15) is 23.3 Å². The molecule has 0 fully saturated rings. The summed E-state index contributed by atoms with van der Waals surface area (Å²) in [6.07, 6.45) is -4.61. The first-order valence-corrected chi connectivity index (χ1v) is 4.17. The Kier molecular flexibility index (Phi) is 3.06. The first-order chi connectivity index (χ1) is 7.27. The SMILES string of the molecule is COc1cc(C)c(C(F)(F)F)cc1[N+](=O)[O-]. The van der Waals surface area contributed by atoms with Gasteiger partial charge in [0.05, 0.1) is 17.6 Å². The number of aryl methyl sites for hydroxylation is 1. The van der Waals surface area contributed by atoms with Crippen LogP contribution in [-0.2, 0) is 6.18 Å². The van der Waals surface area contributed by atoms with Gasteiger partial charge in [0, 0.05) is 6.07 Å². The standard InChI is InChI=1S/C9H8F3NO3/c1-5-3-8(16-2)7(13(14)15)4-6(5)9(10,11)12/h3-4H,1-2H3. The molecule has 7 heteroatoms. The number of hydrogen-bond acceptors (Lipinski definition) is 3. The molecule has 0 spiro atoms. The molecule has 16 heavy (non-hydrogen) atoms. The monoisotopic (exact) mass is 235 g/mol. The number of ether oxygens (including phenoxy) is 1. The van der Waals surface area contributed by atoms with Crippen molar-refractivity contribution in [3.05, 3.63) is 33.4 Å². The summed E-state index contributed by atoms with van der Waals surface area (Å²) in [6, 6.07) is 1.48. The predicted octanol–water partition coefficient (Wildman–Crippen LogP) is 2.93. The normalized spacial score (nSPS) is 11.3. The molecule has 0 saturated heterocycles. The Bertz CT molecular complexity index is 429. The molecule has 0 atom stereocenters. The lowest BCUT2D eigenvalue weighted by molar-refractivity contribution is -0.386. The van der Waals surface area contributed by atoms with Gasteiger partial charge in [-0.2, -0.15) is 13.2 Å². The predicted molar refractivity (Wildman–Crippen MR) is 49.4 cm³/mol. The van der Waals surface area contributed by atoms with Crippen molar-refractivity contribution in [3.63, 3.8) is 0 Å². The van der Waals surface area contributed by atoms with Gasteiger partial charge < -0.3 is 4.74 Å². The molecule has 0 unspecified atom stereocenters. The Morgan fingerprint density at radius 3 is 2.31 bits per heavy atom. The number of nitro groups is 1. The highest BCUT2D eigenvalue weighted by molar-refractivity contribution is 5.52. The molecule has 1 rings (SSSR count). The summed E-state index contributed by atoms with van der Waals surface area (Å²) in [5, 5.41) is 10.5. The first kappa shape index (κ1) is 12.3. The molecule has 0 aliphatic rings. The van der Waals surface area contributed by atoms with Gasteiger partial charge in [-0.3, -0.25) is 10.1 Å². The molecule has 0 bridgehead atoms. The van der Waals surface area contributed by atoms with Crippen molar-refractivity contribution >= 4 is 5.69 Å². The Labute approximate surface area is 88.8 Å². The maximum absolute atomic E-state index is 12.5. The van der Waals surface area contributed by atoms with Gasteiger partial charge in [0.15, 0.2) is 5.75 Å². The van der Waals surface area contributed by atoms with E-state index in [0.717, 1.165) is 13.2 Å². The van der Waals surface area contributed by atoms with Crippen LogP contribution in [0.1, 0.15) is 11.1 Å². The summed E-state index contributed by atoms with van der Waals surface area (Å²) in [7, 11) is 1.16. The van der Waals surface area contributed by atoms with Crippen LogP contribution in [0.5, 0.6) is 5.75 Å². The van der Waals surface area contributed by atoms with Crippen molar-refractivity contribution in [3.8, 4) is 5.75 Å². The summed E-state index contributed by atoms with van der Waals surface area (Å²) < 4.78 is 42.0. The van der Waals surface area contributed by atoms with Gasteiger partial charge in [-0.25, -0.2) is 0 Å². The zero-order valence-corrected chi connectivity index (χ0v) is 8.46. The molecule has 0 aromatic heterocycles. The van der Waals surface area contributed by atoms with Crippen molar-refractivity contribution in [2.24, 2.45) is 0 Å². The van der Waals surface area contributed by atoms with Crippen LogP contribution in [0, 0.1) is 17.0 Å². The van der Waals surface area contributed by atoms with Crippen LogP contribution in [0.2, 0.25) is 0 Å². The third-order valence-corrected chi connectivity index (χ3v) is 2.03. The minimum Gasteiger partial charge on any atom is -0.490 e. The van der Waals surface area contributed by atoms with Crippen LogP contribution < -0.4 is 4.74 Å². The minimum absolute atomic E-state index is 0.116. The lowest BCUT2D eigenvalue weighted by Crippen LogP contribution is -2.09. The van der Waals surface area contributed by atoms with Crippen LogP contribution >= 0.6 is 0 Å². The molecule has 4 nitrogen and oxygen atoms in total. The minimum atomic E-state index is -4.61. The van der Waals surface area contributed by atoms with E-state index in [-0.39, 0.29) is 11.3 Å². The molecule has 0 saturated carbocycles. The van der Waals surface area contributed by atoms with E-state index >= 15 is 0 Å². The van der Waals surface area contributed by atoms with Gasteiger partial charge in [0.2, 0.25) is 0 Å². The van der Waals surface area contributed by atoms with Gasteiger partial charge in [0.1, 0.15) is 0 Å². The van der Waals surface area contributed by atoms with E-state index in [1.165, 1.54) is 6.92 Å². The lowest BCUT2D eigenvalue weighted by atomic mass is 10.1. The van der Waals surface area contributed by atoms with E-state index < -0.39 is 22.4 Å². The van der Waals surface area contributed by atoms with Crippen LogP contribution in [-0.4, -0.2) is 12.0 Å². The van der Waals surface area contributed by atoms with Crippen LogP contribution in [0.3, 0.4) is 0 Å². The van der Waals surface area contributed by atoms with Gasteiger partial charge in [0.25, 0.3) is 0 Å². The number of methoxy groups -OCH3 is 1. The molecule has 0 radical (unpaired) electrons. The summed E-state index contributed by atoms with van der Waals surface area (Å²) in [4.78, 5) is 9.62. The molecule has 0 N–H and O–H groups in total. The highest BCUT2D eigenvalue weighted by atomic mass is 19.4. The summed E-state index contributed by atoms with van der Waals surface area (Å²) in [5.41, 5.74) is -1.84. The van der Waals surface area contributed by atoms with E-state index in [1.54, 1.807) is 0 Å². The van der Waals surface area contributed by atoms with Gasteiger partial charge >= 0.3 is 11.9 Å². The van der Waals surface area contributed by atoms with Gasteiger partial charge in [-0.05, 0) is 18.6 Å². The second kappa shape index (κ2) is 3.99. The summed E-state index contributed by atoms with van der Waals surface area (Å²) in [6.45, 7) is 1.22. The van der Waals surface area contributed by atoms with E-state index in [4.69, 9.17) is 0 Å². The van der Waals surface area contributed by atoms with Gasteiger partial charge in [-0.1, -0.05) is 0 Å². The van der Waals surface area contributed by atoms with Crippen molar-refractivity contribution in [1.82, 2.24) is 0 Å². The maximum atomic E-state index is 12.5. The number of halogens is 3. The molecule has 1 aromatic rings. The molecule has 0 heterocycles. The third kappa shape index (κ3) is 2.23. The topological polar surface area (TPSA) is 52.4 Å². The average molecular weight is 235 g/mol. The van der Waals surface area contributed by atoms with E-state index in [0.29, 0.717) is 6.07 Å². The second-order valence-corrected chi connectivity index (χ2v) is 3.09. The van der Waals surface area contributed by atoms with Crippen molar-refractivity contribution in [2.45, 2.75) is 13.1 Å². The Hall–Kier alpha value is -1.79. The fourth-order valence-electron chi connectivity index (χ4n) is 1.28. The molecule has 1 aromatic carbocycles. The van der Waals surface area contributed by atoms with Crippen LogP contribution in [0.25, 0.3) is 0 Å². The zero-order chi connectivity index (χ0) is 12.5. The molecular weight excluding hydrogens is 227 g/mol. The first-order valence-electron chi connectivity index (χ1n) is 4.17. The second-order valence-electron chi connectivity index (χ2n) is 3.09. The third-order valence-electron chi connectivity index (χ3n) is 2.03. The van der Waals surface area contributed by atoms with Crippen LogP contribution in [0.15, 0.2) is 12.1 Å². The quantitative estimate of drug-likeness (QED) is 0.585. The van der Waals surface area contributed by atoms with E-state index in [1.807, 2.05) is 0 Å². The zero-order valence-electron chi connectivity index (χ0n) is 8.46. The van der Waals surface area contributed by atoms with Gasteiger partial charge in [-0.15, -0.1) is 0 Å². The number of alkyl halides is 3.